The SMILES string of the molecule is CC(C)(C)OC(=O)N[C@@H]1C=C[C@@H](C(=O)O)OC1. The molecular weight excluding hydrogens is 226 g/mol. The van der Waals surface area contributed by atoms with Gasteiger partial charge < -0.3 is 19.9 Å². The van der Waals surface area contributed by atoms with Gasteiger partial charge in [-0.1, -0.05) is 6.08 Å². The first-order chi connectivity index (χ1) is 7.78. The fraction of sp³-hybridized carbons (Fsp3) is 0.636. The molecule has 0 unspecified atom stereocenters. The molecule has 0 aromatic rings. The first-order valence-corrected chi connectivity index (χ1v) is 5.30. The largest absolute Gasteiger partial charge is 0.479 e. The van der Waals surface area contributed by atoms with Crippen molar-refractivity contribution in [3.05, 3.63) is 12.2 Å². The zero-order valence-electron chi connectivity index (χ0n) is 10.1. The monoisotopic (exact) mass is 243 g/mol. The molecule has 1 amide bonds. The predicted octanol–water partition coefficient (Wildman–Crippen LogP) is 0.919. The minimum atomic E-state index is -1.04. The molecule has 0 radical (unpaired) electrons. The van der Waals surface area contributed by atoms with Crippen molar-refractivity contribution in [2.24, 2.45) is 0 Å². The van der Waals surface area contributed by atoms with Gasteiger partial charge in [0.05, 0.1) is 12.6 Å². The van der Waals surface area contributed by atoms with E-state index in [0.29, 0.717) is 0 Å². The van der Waals surface area contributed by atoms with Gasteiger partial charge in [0.15, 0.2) is 6.10 Å². The summed E-state index contributed by atoms with van der Waals surface area (Å²) in [6.45, 7) is 5.41. The topological polar surface area (TPSA) is 84.9 Å². The molecule has 0 bridgehead atoms. The maximum atomic E-state index is 11.4. The van der Waals surface area contributed by atoms with E-state index in [9.17, 15) is 9.59 Å². The Balaban J connectivity index is 2.42. The molecule has 17 heavy (non-hydrogen) atoms. The summed E-state index contributed by atoms with van der Waals surface area (Å²) < 4.78 is 10.1. The quantitative estimate of drug-likeness (QED) is 0.704. The zero-order chi connectivity index (χ0) is 13.1. The van der Waals surface area contributed by atoms with Gasteiger partial charge in [-0.25, -0.2) is 9.59 Å². The molecule has 6 heteroatoms. The highest BCUT2D eigenvalue weighted by molar-refractivity contribution is 5.75. The summed E-state index contributed by atoms with van der Waals surface area (Å²) in [7, 11) is 0. The number of carbonyl (C=O) groups is 2. The molecule has 0 aromatic heterocycles. The summed E-state index contributed by atoms with van der Waals surface area (Å²) >= 11 is 0. The molecular formula is C11H17NO5. The lowest BCUT2D eigenvalue weighted by Crippen LogP contribution is -2.43. The second-order valence-electron chi connectivity index (χ2n) is 4.73. The molecule has 1 rings (SSSR count). The Morgan fingerprint density at radius 3 is 2.47 bits per heavy atom. The molecule has 2 atom stereocenters. The molecule has 6 nitrogen and oxygen atoms in total. The number of carboxylic acids is 1. The Morgan fingerprint density at radius 1 is 1.41 bits per heavy atom. The molecule has 1 aliphatic rings. The lowest BCUT2D eigenvalue weighted by Gasteiger charge is -2.25. The average molecular weight is 243 g/mol. The fourth-order valence-corrected chi connectivity index (χ4v) is 1.26. The van der Waals surface area contributed by atoms with Crippen LogP contribution in [0.5, 0.6) is 0 Å². The lowest BCUT2D eigenvalue weighted by molar-refractivity contribution is -0.147. The van der Waals surface area contributed by atoms with Gasteiger partial charge in [0, 0.05) is 0 Å². The van der Waals surface area contributed by atoms with E-state index in [1.165, 1.54) is 6.08 Å². The Labute approximate surface area is 99.6 Å². The second kappa shape index (κ2) is 5.18. The predicted molar refractivity (Wildman–Crippen MR) is 59.7 cm³/mol. The summed E-state index contributed by atoms with van der Waals surface area (Å²) in [6, 6.07) is -0.361. The standard InChI is InChI=1S/C11H17NO5/c1-11(2,3)17-10(15)12-7-4-5-8(9(13)14)16-6-7/h4-5,7-8H,6H2,1-3H3,(H,12,15)(H,13,14)/t7-,8+/m1/s1. The number of rotatable bonds is 2. The molecule has 0 fully saturated rings. The fourth-order valence-electron chi connectivity index (χ4n) is 1.26. The number of nitrogens with one attached hydrogen (secondary N) is 1. The van der Waals surface area contributed by atoms with E-state index in [0.717, 1.165) is 0 Å². The van der Waals surface area contributed by atoms with E-state index in [-0.39, 0.29) is 12.6 Å². The molecule has 0 aromatic carbocycles. The second-order valence-corrected chi connectivity index (χ2v) is 4.73. The molecule has 1 aliphatic heterocycles. The van der Waals surface area contributed by atoms with Crippen LogP contribution in [0.4, 0.5) is 4.79 Å². The number of alkyl carbamates (subject to hydrolysis) is 1. The van der Waals surface area contributed by atoms with Gasteiger partial charge in [0.2, 0.25) is 0 Å². The minimum absolute atomic E-state index is 0.118. The summed E-state index contributed by atoms with van der Waals surface area (Å²) in [5, 5.41) is 11.2. The van der Waals surface area contributed by atoms with E-state index in [1.54, 1.807) is 26.8 Å². The number of hydrogen-bond acceptors (Lipinski definition) is 4. The highest BCUT2D eigenvalue weighted by Gasteiger charge is 2.24. The van der Waals surface area contributed by atoms with E-state index in [4.69, 9.17) is 14.6 Å². The maximum Gasteiger partial charge on any atom is 0.408 e. The number of carboxylic acid groups (broad SMARTS) is 1. The summed E-state index contributed by atoms with van der Waals surface area (Å²) in [4.78, 5) is 22.0. The Kier molecular flexibility index (Phi) is 4.11. The molecule has 2 N–H and O–H groups in total. The van der Waals surface area contributed by atoms with Crippen molar-refractivity contribution < 1.29 is 24.2 Å². The number of hydrogen-bond donors (Lipinski definition) is 2. The van der Waals surface area contributed by atoms with Crippen LogP contribution in [0.1, 0.15) is 20.8 Å². The van der Waals surface area contributed by atoms with Gasteiger partial charge in [0.1, 0.15) is 5.60 Å². The zero-order valence-corrected chi connectivity index (χ0v) is 10.1. The van der Waals surface area contributed by atoms with Crippen molar-refractivity contribution in [1.29, 1.82) is 0 Å². The van der Waals surface area contributed by atoms with Gasteiger partial charge >= 0.3 is 12.1 Å². The highest BCUT2D eigenvalue weighted by atomic mass is 16.6. The highest BCUT2D eigenvalue weighted by Crippen LogP contribution is 2.09. The minimum Gasteiger partial charge on any atom is -0.479 e. The number of ether oxygens (including phenoxy) is 2. The van der Waals surface area contributed by atoms with E-state index in [2.05, 4.69) is 5.32 Å². The van der Waals surface area contributed by atoms with E-state index >= 15 is 0 Å². The third-order valence-electron chi connectivity index (χ3n) is 1.92. The molecule has 96 valence electrons. The number of aliphatic carboxylic acids is 1. The molecule has 0 saturated carbocycles. The average Bonchev–Trinajstić information content (AvgIpc) is 2.15. The summed E-state index contributed by atoms with van der Waals surface area (Å²) in [5.74, 6) is -1.04. The van der Waals surface area contributed by atoms with Crippen LogP contribution in [0.3, 0.4) is 0 Å². The third-order valence-corrected chi connectivity index (χ3v) is 1.92. The van der Waals surface area contributed by atoms with Crippen LogP contribution in [0.2, 0.25) is 0 Å². The Morgan fingerprint density at radius 2 is 2.06 bits per heavy atom. The van der Waals surface area contributed by atoms with Crippen molar-refractivity contribution in [3.63, 3.8) is 0 Å². The van der Waals surface area contributed by atoms with Crippen molar-refractivity contribution in [2.75, 3.05) is 6.61 Å². The van der Waals surface area contributed by atoms with Gasteiger partial charge in [0.25, 0.3) is 0 Å². The smallest absolute Gasteiger partial charge is 0.408 e. The third kappa shape index (κ3) is 4.86. The lowest BCUT2D eigenvalue weighted by atomic mass is 10.2. The van der Waals surface area contributed by atoms with Crippen molar-refractivity contribution in [1.82, 2.24) is 5.32 Å². The van der Waals surface area contributed by atoms with Crippen molar-refractivity contribution >= 4 is 12.1 Å². The van der Waals surface area contributed by atoms with Crippen molar-refractivity contribution in [2.45, 2.75) is 38.5 Å². The van der Waals surface area contributed by atoms with Crippen LogP contribution in [-0.2, 0) is 14.3 Å². The summed E-state index contributed by atoms with van der Waals surface area (Å²) in [6.07, 6.45) is 1.50. The van der Waals surface area contributed by atoms with Gasteiger partial charge in [-0.2, -0.15) is 0 Å². The molecule has 0 spiro atoms. The van der Waals surface area contributed by atoms with E-state index < -0.39 is 23.8 Å². The molecule has 1 heterocycles. The first-order valence-electron chi connectivity index (χ1n) is 5.30. The Bertz CT molecular complexity index is 331. The van der Waals surface area contributed by atoms with Crippen LogP contribution in [0, 0.1) is 0 Å². The van der Waals surface area contributed by atoms with E-state index in [1.807, 2.05) is 0 Å². The van der Waals surface area contributed by atoms with Gasteiger partial charge in [-0.15, -0.1) is 0 Å². The number of amides is 1. The van der Waals surface area contributed by atoms with Crippen LogP contribution < -0.4 is 5.32 Å². The van der Waals surface area contributed by atoms with Crippen LogP contribution in [0.25, 0.3) is 0 Å². The van der Waals surface area contributed by atoms with Crippen molar-refractivity contribution in [3.8, 4) is 0 Å². The van der Waals surface area contributed by atoms with Gasteiger partial charge in [-0.3, -0.25) is 0 Å². The Hall–Kier alpha value is -1.56. The van der Waals surface area contributed by atoms with Crippen LogP contribution in [0.15, 0.2) is 12.2 Å². The number of carbonyl (C=O) groups excluding carboxylic acids is 1. The summed E-state index contributed by atoms with van der Waals surface area (Å²) in [5.41, 5.74) is -0.563. The first kappa shape index (κ1) is 13.5. The van der Waals surface area contributed by atoms with Crippen LogP contribution in [-0.4, -0.2) is 41.5 Å². The maximum absolute atomic E-state index is 11.4. The molecule has 0 aliphatic carbocycles. The normalized spacial score (nSPS) is 24.2. The van der Waals surface area contributed by atoms with Crippen LogP contribution >= 0.6 is 0 Å². The van der Waals surface area contributed by atoms with Gasteiger partial charge in [-0.05, 0) is 26.8 Å². The molecule has 0 saturated heterocycles.